The topological polar surface area (TPSA) is 47.4 Å². The number of rotatable bonds is 3. The van der Waals surface area contributed by atoms with Crippen molar-refractivity contribution in [2.45, 2.75) is 6.44 Å². The molecule has 5 nitrogen and oxygen atoms in total. The number of morpholine rings is 1. The van der Waals surface area contributed by atoms with E-state index in [4.69, 9.17) is 4.74 Å². The van der Waals surface area contributed by atoms with E-state index in [1.807, 2.05) is 4.90 Å². The zero-order valence-electron chi connectivity index (χ0n) is 10.6. The van der Waals surface area contributed by atoms with E-state index in [2.05, 4.69) is 5.10 Å². The van der Waals surface area contributed by atoms with Crippen LogP contribution in [0.15, 0.2) is 17.1 Å². The first kappa shape index (κ1) is 17.2. The first-order valence-electron chi connectivity index (χ1n) is 5.56. The Hall–Kier alpha value is 0.131. The maximum atomic E-state index is 12.2. The molecule has 0 N–H and O–H groups in total. The molecule has 0 unspecified atom stereocenters. The molecule has 100 valence electrons. The van der Waals surface area contributed by atoms with Crippen molar-refractivity contribution in [2.24, 2.45) is 0 Å². The second kappa shape index (κ2) is 7.23. The maximum absolute atomic E-state index is 12.2. The molecule has 0 aliphatic carbocycles. The van der Waals surface area contributed by atoms with Crippen molar-refractivity contribution in [3.05, 3.63) is 22.6 Å². The van der Waals surface area contributed by atoms with Gasteiger partial charge in [0.1, 0.15) is 0 Å². The summed E-state index contributed by atoms with van der Waals surface area (Å²) < 4.78 is 42.2. The van der Waals surface area contributed by atoms with Crippen LogP contribution in [0.4, 0.5) is 18.6 Å². The molecule has 0 radical (unpaired) electrons. The molecule has 1 aliphatic heterocycles. The van der Waals surface area contributed by atoms with E-state index in [0.717, 1.165) is 0 Å². The zero-order chi connectivity index (χ0) is 13.2. The van der Waals surface area contributed by atoms with Gasteiger partial charge >= 0.3 is 58.4 Å². The molecular formula is C9H12BF3KN3O2. The average molecular weight is 301 g/mol. The molecule has 0 saturated carbocycles. The van der Waals surface area contributed by atoms with Gasteiger partial charge in [-0.15, -0.1) is 0 Å². The molecule has 0 aromatic carbocycles. The molecule has 1 saturated heterocycles. The molecule has 2 rings (SSSR count). The summed E-state index contributed by atoms with van der Waals surface area (Å²) in [6.45, 7) is -2.78. The number of hydrogen-bond donors (Lipinski definition) is 0. The van der Waals surface area contributed by atoms with E-state index in [1.165, 1.54) is 12.3 Å². The van der Waals surface area contributed by atoms with E-state index < -0.39 is 19.0 Å². The van der Waals surface area contributed by atoms with Crippen LogP contribution >= 0.6 is 0 Å². The summed E-state index contributed by atoms with van der Waals surface area (Å²) in [4.78, 5) is 13.4. The van der Waals surface area contributed by atoms with E-state index in [1.54, 1.807) is 0 Å². The number of aromatic nitrogens is 2. The quantitative estimate of drug-likeness (QED) is 0.578. The third kappa shape index (κ3) is 5.20. The minimum atomic E-state index is -5.06. The summed E-state index contributed by atoms with van der Waals surface area (Å²) in [6.07, 6.45) is -0.0171. The Kier molecular flexibility index (Phi) is 6.54. The summed E-state index contributed by atoms with van der Waals surface area (Å²) in [5.41, 5.74) is -0.201. The van der Waals surface area contributed by atoms with Crippen molar-refractivity contribution in [3.63, 3.8) is 0 Å². The van der Waals surface area contributed by atoms with Gasteiger partial charge in [-0.3, -0.25) is 9.48 Å². The zero-order valence-corrected chi connectivity index (χ0v) is 13.7. The van der Waals surface area contributed by atoms with Crippen LogP contribution in [0.1, 0.15) is 0 Å². The molecular weight excluding hydrogens is 289 g/mol. The van der Waals surface area contributed by atoms with Gasteiger partial charge in [0.2, 0.25) is 0 Å². The van der Waals surface area contributed by atoms with Gasteiger partial charge in [0.25, 0.3) is 5.56 Å². The van der Waals surface area contributed by atoms with Gasteiger partial charge in [0.15, 0.2) is 0 Å². The molecule has 19 heavy (non-hydrogen) atoms. The van der Waals surface area contributed by atoms with E-state index in [-0.39, 0.29) is 51.4 Å². The number of anilines is 1. The van der Waals surface area contributed by atoms with Crippen LogP contribution in [0, 0.1) is 0 Å². The van der Waals surface area contributed by atoms with E-state index in [9.17, 15) is 17.7 Å². The minimum Gasteiger partial charge on any atom is -0.448 e. The summed E-state index contributed by atoms with van der Waals surface area (Å²) in [7, 11) is 0. The van der Waals surface area contributed by atoms with Gasteiger partial charge < -0.3 is 22.6 Å². The summed E-state index contributed by atoms with van der Waals surface area (Å²) >= 11 is 0. The third-order valence-electron chi connectivity index (χ3n) is 2.61. The van der Waals surface area contributed by atoms with Crippen LogP contribution in [0.5, 0.6) is 0 Å². The third-order valence-corrected chi connectivity index (χ3v) is 2.61. The smallest absolute Gasteiger partial charge is 0.448 e. The van der Waals surface area contributed by atoms with Crippen LogP contribution in [0.3, 0.4) is 0 Å². The van der Waals surface area contributed by atoms with Crippen LogP contribution < -0.4 is 61.8 Å². The van der Waals surface area contributed by atoms with Crippen molar-refractivity contribution < 1.29 is 69.1 Å². The fourth-order valence-electron chi connectivity index (χ4n) is 1.75. The molecule has 1 aromatic rings. The number of hydrogen-bond acceptors (Lipinski definition) is 4. The van der Waals surface area contributed by atoms with Crippen LogP contribution in [-0.2, 0) is 11.2 Å². The fraction of sp³-hybridized carbons (Fsp3) is 0.556. The predicted octanol–water partition coefficient (Wildman–Crippen LogP) is -2.53. The molecule has 2 heterocycles. The Balaban J connectivity index is 0.00000180. The Morgan fingerprint density at radius 1 is 1.32 bits per heavy atom. The number of nitrogens with zero attached hydrogens (tertiary/aromatic N) is 3. The van der Waals surface area contributed by atoms with Crippen molar-refractivity contribution in [2.75, 3.05) is 31.2 Å². The maximum Gasteiger partial charge on any atom is 1.00 e. The Morgan fingerprint density at radius 2 is 1.95 bits per heavy atom. The Bertz CT molecular complexity index is 477. The fourth-order valence-corrected chi connectivity index (χ4v) is 1.75. The number of halogens is 3. The van der Waals surface area contributed by atoms with Crippen LogP contribution in [0.25, 0.3) is 0 Å². The first-order valence-corrected chi connectivity index (χ1v) is 5.56. The van der Waals surface area contributed by atoms with Gasteiger partial charge in [-0.05, 0) is 0 Å². The first-order chi connectivity index (χ1) is 8.46. The largest absolute Gasteiger partial charge is 1.00 e. The molecule has 1 fully saturated rings. The summed E-state index contributed by atoms with van der Waals surface area (Å²) in [5, 5.41) is 3.56. The number of ether oxygens (including phenoxy) is 1. The molecule has 0 spiro atoms. The van der Waals surface area contributed by atoms with Crippen LogP contribution in [-0.4, -0.2) is 43.1 Å². The molecule has 1 aromatic heterocycles. The van der Waals surface area contributed by atoms with Crippen molar-refractivity contribution in [3.8, 4) is 0 Å². The van der Waals surface area contributed by atoms with Gasteiger partial charge in [-0.1, -0.05) is 0 Å². The molecule has 1 aliphatic rings. The minimum absolute atomic E-state index is 0. The second-order valence-electron chi connectivity index (χ2n) is 4.04. The van der Waals surface area contributed by atoms with E-state index in [0.29, 0.717) is 36.7 Å². The van der Waals surface area contributed by atoms with Gasteiger partial charge in [-0.2, -0.15) is 5.10 Å². The Morgan fingerprint density at radius 3 is 2.47 bits per heavy atom. The van der Waals surface area contributed by atoms with Crippen LogP contribution in [0.2, 0.25) is 0 Å². The van der Waals surface area contributed by atoms with Crippen molar-refractivity contribution >= 4 is 12.7 Å². The average Bonchev–Trinajstić information content (AvgIpc) is 2.31. The van der Waals surface area contributed by atoms with Crippen molar-refractivity contribution in [1.29, 1.82) is 0 Å². The predicted molar refractivity (Wildman–Crippen MR) is 60.6 cm³/mol. The molecule has 10 heteroatoms. The monoisotopic (exact) mass is 301 g/mol. The SMILES string of the molecule is O=c1cc(N2CCOCC2)cnn1C[B-](F)(F)F.[K+]. The molecule has 0 bridgehead atoms. The van der Waals surface area contributed by atoms with Gasteiger partial charge in [0, 0.05) is 25.6 Å². The van der Waals surface area contributed by atoms with Gasteiger partial charge in [-0.25, -0.2) is 0 Å². The van der Waals surface area contributed by atoms with E-state index >= 15 is 0 Å². The molecule has 0 atom stereocenters. The van der Waals surface area contributed by atoms with Gasteiger partial charge in [0.05, 0.1) is 25.1 Å². The normalized spacial score (nSPS) is 16.1. The Labute approximate surface area is 150 Å². The standard InChI is InChI=1S/C9H12BF3N3O2.K/c11-10(12,13)7-16-9(17)5-8(6-14-16)15-1-3-18-4-2-15;/h5-6H,1-4,7H2;/q-1;+1. The summed E-state index contributed by atoms with van der Waals surface area (Å²) in [5.74, 6) is 0. The van der Waals surface area contributed by atoms with Crippen molar-refractivity contribution in [1.82, 2.24) is 9.78 Å². The molecule has 0 amide bonds. The second-order valence-corrected chi connectivity index (χ2v) is 4.04. The summed E-state index contributed by atoms with van der Waals surface area (Å²) in [6, 6.07) is 1.18.